The second kappa shape index (κ2) is 7.52. The van der Waals surface area contributed by atoms with Crippen molar-refractivity contribution in [3.8, 4) is 0 Å². The summed E-state index contributed by atoms with van der Waals surface area (Å²) in [7, 11) is 1.58. The molecule has 6 nitrogen and oxygen atoms in total. The Kier molecular flexibility index (Phi) is 5.96. The SMILES string of the molecule is CNC(=O)c1ccc(N)cc1NCCOCCO. The number of nitrogens with one attached hydrogen (secondary N) is 2. The molecule has 0 saturated heterocycles. The van der Waals surface area contributed by atoms with Gasteiger partial charge in [0.05, 0.1) is 25.4 Å². The van der Waals surface area contributed by atoms with Gasteiger partial charge in [-0.15, -0.1) is 0 Å². The highest BCUT2D eigenvalue weighted by atomic mass is 16.5. The first-order valence-electron chi connectivity index (χ1n) is 5.73. The number of hydrogen-bond donors (Lipinski definition) is 4. The van der Waals surface area contributed by atoms with Crippen molar-refractivity contribution in [2.75, 3.05) is 44.5 Å². The van der Waals surface area contributed by atoms with Crippen LogP contribution in [0.25, 0.3) is 0 Å². The van der Waals surface area contributed by atoms with Gasteiger partial charge in [0.2, 0.25) is 0 Å². The molecule has 100 valence electrons. The van der Waals surface area contributed by atoms with Crippen molar-refractivity contribution in [1.29, 1.82) is 0 Å². The fourth-order valence-electron chi connectivity index (χ4n) is 1.47. The van der Waals surface area contributed by atoms with Gasteiger partial charge in [-0.05, 0) is 18.2 Å². The van der Waals surface area contributed by atoms with Gasteiger partial charge in [-0.1, -0.05) is 0 Å². The lowest BCUT2D eigenvalue weighted by Crippen LogP contribution is -2.21. The van der Waals surface area contributed by atoms with Crippen LogP contribution in [-0.2, 0) is 4.74 Å². The highest BCUT2D eigenvalue weighted by Gasteiger charge is 2.09. The fraction of sp³-hybridized carbons (Fsp3) is 0.417. The zero-order valence-corrected chi connectivity index (χ0v) is 10.4. The van der Waals surface area contributed by atoms with Crippen LogP contribution in [0.5, 0.6) is 0 Å². The number of nitrogens with two attached hydrogens (primary N) is 1. The number of rotatable bonds is 7. The number of carbonyl (C=O) groups excluding carboxylic acids is 1. The molecule has 18 heavy (non-hydrogen) atoms. The second-order valence-electron chi connectivity index (χ2n) is 3.65. The summed E-state index contributed by atoms with van der Waals surface area (Å²) >= 11 is 0. The lowest BCUT2D eigenvalue weighted by Gasteiger charge is -2.12. The molecule has 0 aliphatic rings. The van der Waals surface area contributed by atoms with E-state index in [9.17, 15) is 4.79 Å². The van der Waals surface area contributed by atoms with E-state index in [1.54, 1.807) is 25.2 Å². The van der Waals surface area contributed by atoms with Gasteiger partial charge < -0.3 is 26.2 Å². The van der Waals surface area contributed by atoms with Crippen molar-refractivity contribution in [3.63, 3.8) is 0 Å². The maximum atomic E-state index is 11.6. The second-order valence-corrected chi connectivity index (χ2v) is 3.65. The quantitative estimate of drug-likeness (QED) is 0.407. The number of benzene rings is 1. The summed E-state index contributed by atoms with van der Waals surface area (Å²) < 4.78 is 5.12. The zero-order valence-electron chi connectivity index (χ0n) is 10.4. The normalized spacial score (nSPS) is 10.1. The minimum absolute atomic E-state index is 0.00176. The number of aliphatic hydroxyl groups excluding tert-OH is 1. The molecule has 0 aromatic heterocycles. The molecule has 0 fully saturated rings. The lowest BCUT2D eigenvalue weighted by atomic mass is 10.1. The molecule has 1 rings (SSSR count). The molecule has 1 aromatic carbocycles. The third-order valence-electron chi connectivity index (χ3n) is 2.31. The molecule has 0 bridgehead atoms. The van der Waals surface area contributed by atoms with E-state index in [4.69, 9.17) is 15.6 Å². The van der Waals surface area contributed by atoms with E-state index < -0.39 is 0 Å². The van der Waals surface area contributed by atoms with Crippen LogP contribution in [0.1, 0.15) is 10.4 Å². The molecule has 0 aliphatic heterocycles. The molecular weight excluding hydrogens is 234 g/mol. The summed E-state index contributed by atoms with van der Waals surface area (Å²) in [6, 6.07) is 5.06. The first-order valence-corrected chi connectivity index (χ1v) is 5.73. The predicted octanol–water partition coefficient (Wildman–Crippen LogP) is 0.0492. The van der Waals surface area contributed by atoms with Gasteiger partial charge in [0.15, 0.2) is 0 Å². The predicted molar refractivity (Wildman–Crippen MR) is 70.6 cm³/mol. The van der Waals surface area contributed by atoms with Crippen molar-refractivity contribution in [3.05, 3.63) is 23.8 Å². The average molecular weight is 253 g/mol. The minimum atomic E-state index is -0.172. The van der Waals surface area contributed by atoms with Gasteiger partial charge in [0.1, 0.15) is 0 Å². The van der Waals surface area contributed by atoms with E-state index >= 15 is 0 Å². The van der Waals surface area contributed by atoms with Crippen molar-refractivity contribution in [1.82, 2.24) is 5.32 Å². The standard InChI is InChI=1S/C12H19N3O3/c1-14-12(17)10-3-2-9(13)8-11(10)15-4-6-18-7-5-16/h2-3,8,15-16H,4-7,13H2,1H3,(H,14,17). The molecule has 0 saturated carbocycles. The molecule has 0 heterocycles. The smallest absolute Gasteiger partial charge is 0.253 e. The number of hydrogen-bond acceptors (Lipinski definition) is 5. The average Bonchev–Trinajstić information content (AvgIpc) is 2.38. The Balaban J connectivity index is 2.62. The van der Waals surface area contributed by atoms with Gasteiger partial charge in [-0.25, -0.2) is 0 Å². The van der Waals surface area contributed by atoms with Crippen LogP contribution in [0, 0.1) is 0 Å². The van der Waals surface area contributed by atoms with Crippen LogP contribution < -0.4 is 16.4 Å². The Bertz CT molecular complexity index is 396. The molecule has 6 heteroatoms. The van der Waals surface area contributed by atoms with E-state index in [0.29, 0.717) is 36.7 Å². The maximum Gasteiger partial charge on any atom is 0.253 e. The zero-order chi connectivity index (χ0) is 13.4. The Hall–Kier alpha value is -1.79. The van der Waals surface area contributed by atoms with Gasteiger partial charge in [0.25, 0.3) is 5.91 Å². The van der Waals surface area contributed by atoms with Crippen LogP contribution in [-0.4, -0.2) is 44.4 Å². The topological polar surface area (TPSA) is 96.6 Å². The summed E-state index contributed by atoms with van der Waals surface area (Å²) in [5.41, 5.74) is 7.47. The first kappa shape index (κ1) is 14.3. The fourth-order valence-corrected chi connectivity index (χ4v) is 1.47. The molecule has 1 aromatic rings. The van der Waals surface area contributed by atoms with Crippen molar-refractivity contribution < 1.29 is 14.6 Å². The molecule has 0 unspecified atom stereocenters. The van der Waals surface area contributed by atoms with E-state index in [1.165, 1.54) is 0 Å². The Labute approximate surface area is 106 Å². The Morgan fingerprint density at radius 1 is 1.44 bits per heavy atom. The molecule has 0 spiro atoms. The van der Waals surface area contributed by atoms with Gasteiger partial charge >= 0.3 is 0 Å². The van der Waals surface area contributed by atoms with Crippen molar-refractivity contribution in [2.45, 2.75) is 0 Å². The van der Waals surface area contributed by atoms with Crippen LogP contribution in [0.4, 0.5) is 11.4 Å². The number of anilines is 2. The highest BCUT2D eigenvalue weighted by Crippen LogP contribution is 2.18. The summed E-state index contributed by atoms with van der Waals surface area (Å²) in [5.74, 6) is -0.172. The third kappa shape index (κ3) is 4.23. The number of amides is 1. The Morgan fingerprint density at radius 2 is 2.22 bits per heavy atom. The molecule has 5 N–H and O–H groups in total. The van der Waals surface area contributed by atoms with Crippen LogP contribution in [0.2, 0.25) is 0 Å². The molecular formula is C12H19N3O3. The minimum Gasteiger partial charge on any atom is -0.399 e. The Morgan fingerprint density at radius 3 is 2.89 bits per heavy atom. The molecule has 0 radical (unpaired) electrons. The summed E-state index contributed by atoms with van der Waals surface area (Å²) in [6.45, 7) is 1.29. The molecule has 0 atom stereocenters. The number of nitrogen functional groups attached to an aromatic ring is 1. The van der Waals surface area contributed by atoms with Crippen LogP contribution >= 0.6 is 0 Å². The first-order chi connectivity index (χ1) is 8.69. The van der Waals surface area contributed by atoms with Crippen LogP contribution in [0.15, 0.2) is 18.2 Å². The van der Waals surface area contributed by atoms with E-state index in [0.717, 1.165) is 0 Å². The molecule has 1 amide bonds. The summed E-state index contributed by atoms with van der Waals surface area (Å²) in [4.78, 5) is 11.6. The van der Waals surface area contributed by atoms with Crippen LogP contribution in [0.3, 0.4) is 0 Å². The lowest BCUT2D eigenvalue weighted by molar-refractivity contribution is 0.0962. The monoisotopic (exact) mass is 253 g/mol. The van der Waals surface area contributed by atoms with E-state index in [-0.39, 0.29) is 12.5 Å². The number of aliphatic hydroxyl groups is 1. The number of ether oxygens (including phenoxy) is 1. The largest absolute Gasteiger partial charge is 0.399 e. The van der Waals surface area contributed by atoms with Gasteiger partial charge in [0, 0.05) is 25.0 Å². The van der Waals surface area contributed by atoms with E-state index in [2.05, 4.69) is 10.6 Å². The number of carbonyl (C=O) groups is 1. The van der Waals surface area contributed by atoms with Gasteiger partial charge in [-0.2, -0.15) is 0 Å². The molecule has 0 aliphatic carbocycles. The maximum absolute atomic E-state index is 11.6. The van der Waals surface area contributed by atoms with E-state index in [1.807, 2.05) is 0 Å². The van der Waals surface area contributed by atoms with Gasteiger partial charge in [-0.3, -0.25) is 4.79 Å². The summed E-state index contributed by atoms with van der Waals surface area (Å²) in [5, 5.41) is 14.2. The highest BCUT2D eigenvalue weighted by molar-refractivity contribution is 6.00. The van der Waals surface area contributed by atoms with Crippen molar-refractivity contribution >= 4 is 17.3 Å². The summed E-state index contributed by atoms with van der Waals surface area (Å²) in [6.07, 6.45) is 0. The van der Waals surface area contributed by atoms with Crippen molar-refractivity contribution in [2.24, 2.45) is 0 Å². The third-order valence-corrected chi connectivity index (χ3v) is 2.31.